The number of rotatable bonds is 5. The molecule has 0 heterocycles. The van der Waals surface area contributed by atoms with E-state index in [1.165, 1.54) is 0 Å². The quantitative estimate of drug-likeness (QED) is 0.886. The topological polar surface area (TPSA) is 46.3 Å². The molecule has 0 aromatic heterocycles. The van der Waals surface area contributed by atoms with Crippen molar-refractivity contribution in [3.05, 3.63) is 34.3 Å². The first-order valence-corrected chi connectivity index (χ1v) is 6.95. The first kappa shape index (κ1) is 18.4. The summed E-state index contributed by atoms with van der Waals surface area (Å²) in [7, 11) is 1.79. The number of amides is 1. The summed E-state index contributed by atoms with van der Waals surface area (Å²) in [5.41, 5.74) is 6.37. The van der Waals surface area contributed by atoms with Crippen molar-refractivity contribution in [2.75, 3.05) is 7.05 Å². The lowest BCUT2D eigenvalue weighted by molar-refractivity contribution is -0.135. The van der Waals surface area contributed by atoms with Gasteiger partial charge in [0.25, 0.3) is 0 Å². The summed E-state index contributed by atoms with van der Waals surface area (Å²) >= 11 is 3.49. The number of hydrogen-bond donors (Lipinski definition) is 1. The minimum Gasteiger partial charge on any atom is -0.340 e. The van der Waals surface area contributed by atoms with E-state index < -0.39 is 5.54 Å². The van der Waals surface area contributed by atoms with E-state index in [1.807, 2.05) is 31.2 Å². The fraction of sp³-hybridized carbons (Fsp3) is 0.500. The van der Waals surface area contributed by atoms with Gasteiger partial charge in [-0.15, -0.1) is 12.4 Å². The molecule has 1 unspecified atom stereocenters. The summed E-state index contributed by atoms with van der Waals surface area (Å²) in [6.07, 6.45) is 1.60. The summed E-state index contributed by atoms with van der Waals surface area (Å²) < 4.78 is 1.01. The van der Waals surface area contributed by atoms with Crippen LogP contribution in [0.5, 0.6) is 0 Å². The molecule has 1 aromatic carbocycles. The van der Waals surface area contributed by atoms with E-state index in [9.17, 15) is 4.79 Å². The van der Waals surface area contributed by atoms with Gasteiger partial charge in [0.2, 0.25) is 5.91 Å². The Morgan fingerprint density at radius 3 is 2.53 bits per heavy atom. The van der Waals surface area contributed by atoms with Crippen LogP contribution < -0.4 is 5.73 Å². The van der Waals surface area contributed by atoms with Gasteiger partial charge in [0.05, 0.1) is 5.54 Å². The molecule has 1 amide bonds. The molecule has 0 fully saturated rings. The minimum atomic E-state index is -0.773. The Balaban J connectivity index is 0.00000324. The molecule has 108 valence electrons. The maximum atomic E-state index is 12.3. The molecule has 1 aromatic rings. The SMILES string of the molecule is CCCC(C)(N)C(=O)N(C)Cc1ccccc1Br.Cl. The van der Waals surface area contributed by atoms with Crippen molar-refractivity contribution >= 4 is 34.2 Å². The lowest BCUT2D eigenvalue weighted by atomic mass is 9.96. The molecular weight excluding hydrogens is 328 g/mol. The van der Waals surface area contributed by atoms with Gasteiger partial charge in [-0.25, -0.2) is 0 Å². The number of hydrogen-bond acceptors (Lipinski definition) is 2. The lowest BCUT2D eigenvalue weighted by Gasteiger charge is -2.29. The van der Waals surface area contributed by atoms with Crippen molar-refractivity contribution in [2.24, 2.45) is 5.73 Å². The molecule has 2 N–H and O–H groups in total. The number of benzene rings is 1. The Labute approximate surface area is 130 Å². The van der Waals surface area contributed by atoms with Crippen LogP contribution in [0.1, 0.15) is 32.3 Å². The van der Waals surface area contributed by atoms with Crippen molar-refractivity contribution < 1.29 is 4.79 Å². The van der Waals surface area contributed by atoms with E-state index in [1.54, 1.807) is 18.9 Å². The van der Waals surface area contributed by atoms with Crippen LogP contribution in [0.2, 0.25) is 0 Å². The zero-order chi connectivity index (χ0) is 13.8. The summed E-state index contributed by atoms with van der Waals surface area (Å²) in [5, 5.41) is 0. The number of halogens is 2. The predicted octanol–water partition coefficient (Wildman–Crippen LogP) is 3.35. The number of nitrogens with two attached hydrogens (primary N) is 1. The van der Waals surface area contributed by atoms with E-state index in [4.69, 9.17) is 5.73 Å². The lowest BCUT2D eigenvalue weighted by Crippen LogP contribution is -2.51. The molecule has 0 bridgehead atoms. The summed E-state index contributed by atoms with van der Waals surface area (Å²) in [6, 6.07) is 7.90. The van der Waals surface area contributed by atoms with E-state index in [-0.39, 0.29) is 18.3 Å². The Morgan fingerprint density at radius 2 is 2.00 bits per heavy atom. The molecule has 1 atom stereocenters. The molecule has 0 aliphatic heterocycles. The molecule has 0 radical (unpaired) electrons. The molecular formula is C14H22BrClN2O. The van der Waals surface area contributed by atoms with Crippen LogP contribution in [-0.2, 0) is 11.3 Å². The third-order valence-corrected chi connectivity index (χ3v) is 3.74. The van der Waals surface area contributed by atoms with Crippen molar-refractivity contribution in [1.82, 2.24) is 4.90 Å². The van der Waals surface area contributed by atoms with Gasteiger partial charge in [-0.3, -0.25) is 4.79 Å². The van der Waals surface area contributed by atoms with E-state index in [2.05, 4.69) is 15.9 Å². The smallest absolute Gasteiger partial charge is 0.242 e. The van der Waals surface area contributed by atoms with Crippen LogP contribution in [0.15, 0.2) is 28.7 Å². The van der Waals surface area contributed by atoms with Gasteiger partial charge < -0.3 is 10.6 Å². The van der Waals surface area contributed by atoms with Crippen LogP contribution in [0.4, 0.5) is 0 Å². The number of carbonyl (C=O) groups excluding carboxylic acids is 1. The zero-order valence-corrected chi connectivity index (χ0v) is 14.1. The van der Waals surface area contributed by atoms with E-state index in [0.29, 0.717) is 13.0 Å². The van der Waals surface area contributed by atoms with Gasteiger partial charge in [-0.1, -0.05) is 47.5 Å². The normalized spacial score (nSPS) is 13.3. The van der Waals surface area contributed by atoms with Crippen LogP contribution in [0.25, 0.3) is 0 Å². The Hall–Kier alpha value is -0.580. The monoisotopic (exact) mass is 348 g/mol. The zero-order valence-electron chi connectivity index (χ0n) is 11.6. The molecule has 19 heavy (non-hydrogen) atoms. The van der Waals surface area contributed by atoms with Gasteiger partial charge in [-0.05, 0) is 25.0 Å². The van der Waals surface area contributed by atoms with Gasteiger partial charge in [-0.2, -0.15) is 0 Å². The first-order valence-electron chi connectivity index (χ1n) is 6.16. The summed E-state index contributed by atoms with van der Waals surface area (Å²) in [5.74, 6) is -0.0138. The van der Waals surface area contributed by atoms with Gasteiger partial charge in [0.1, 0.15) is 0 Å². The second-order valence-electron chi connectivity index (χ2n) is 4.92. The average Bonchev–Trinajstić information content (AvgIpc) is 2.31. The molecule has 0 saturated carbocycles. The highest BCUT2D eigenvalue weighted by molar-refractivity contribution is 9.10. The molecule has 0 aliphatic rings. The molecule has 0 saturated heterocycles. The molecule has 1 rings (SSSR count). The number of likely N-dealkylation sites (N-methyl/N-ethyl adjacent to an activating group) is 1. The Bertz CT molecular complexity index is 424. The van der Waals surface area contributed by atoms with Crippen LogP contribution in [0.3, 0.4) is 0 Å². The second kappa shape index (κ2) is 7.88. The van der Waals surface area contributed by atoms with Crippen LogP contribution >= 0.6 is 28.3 Å². The fourth-order valence-corrected chi connectivity index (χ4v) is 2.43. The molecule has 0 spiro atoms. The predicted molar refractivity (Wildman–Crippen MR) is 85.4 cm³/mol. The standard InChI is InChI=1S/C14H21BrN2O.ClH/c1-4-9-14(2,16)13(18)17(3)10-11-7-5-6-8-12(11)15;/h5-8H,4,9-10,16H2,1-3H3;1H. The third kappa shape index (κ3) is 5.13. The third-order valence-electron chi connectivity index (χ3n) is 2.97. The molecule has 0 aliphatic carbocycles. The summed E-state index contributed by atoms with van der Waals surface area (Å²) in [4.78, 5) is 13.9. The fourth-order valence-electron chi connectivity index (χ4n) is 2.02. The van der Waals surface area contributed by atoms with Gasteiger partial charge in [0, 0.05) is 18.1 Å². The molecule has 5 heteroatoms. The summed E-state index contributed by atoms with van der Waals surface area (Å²) in [6.45, 7) is 4.40. The molecule has 3 nitrogen and oxygen atoms in total. The van der Waals surface area contributed by atoms with Crippen LogP contribution in [-0.4, -0.2) is 23.4 Å². The van der Waals surface area contributed by atoms with Crippen molar-refractivity contribution in [2.45, 2.75) is 38.8 Å². The maximum absolute atomic E-state index is 12.3. The highest BCUT2D eigenvalue weighted by Gasteiger charge is 2.30. The van der Waals surface area contributed by atoms with Crippen molar-refractivity contribution in [3.8, 4) is 0 Å². The largest absolute Gasteiger partial charge is 0.340 e. The highest BCUT2D eigenvalue weighted by atomic mass is 79.9. The Kier molecular flexibility index (Phi) is 7.64. The van der Waals surface area contributed by atoms with E-state index in [0.717, 1.165) is 16.5 Å². The number of carbonyl (C=O) groups is 1. The highest BCUT2D eigenvalue weighted by Crippen LogP contribution is 2.19. The first-order chi connectivity index (χ1) is 8.38. The van der Waals surface area contributed by atoms with E-state index >= 15 is 0 Å². The average molecular weight is 350 g/mol. The second-order valence-corrected chi connectivity index (χ2v) is 5.77. The van der Waals surface area contributed by atoms with Gasteiger partial charge in [0.15, 0.2) is 0 Å². The maximum Gasteiger partial charge on any atom is 0.242 e. The number of nitrogens with zero attached hydrogens (tertiary/aromatic N) is 1. The van der Waals surface area contributed by atoms with Crippen molar-refractivity contribution in [1.29, 1.82) is 0 Å². The van der Waals surface area contributed by atoms with Gasteiger partial charge >= 0.3 is 0 Å². The van der Waals surface area contributed by atoms with Crippen molar-refractivity contribution in [3.63, 3.8) is 0 Å². The van der Waals surface area contributed by atoms with Crippen LogP contribution in [0, 0.1) is 0 Å². The minimum absolute atomic E-state index is 0. The Morgan fingerprint density at radius 1 is 1.42 bits per heavy atom.